The van der Waals surface area contributed by atoms with Crippen molar-refractivity contribution >= 4 is 44.9 Å². The molecule has 10 heteroatoms. The van der Waals surface area contributed by atoms with Crippen LogP contribution in [-0.2, 0) is 24.2 Å². The first-order valence-corrected chi connectivity index (χ1v) is 13.4. The number of fused-ring (bicyclic) bond motifs is 6. The van der Waals surface area contributed by atoms with Crippen molar-refractivity contribution in [1.82, 2.24) is 24.9 Å². The van der Waals surface area contributed by atoms with Gasteiger partial charge in [0.1, 0.15) is 10.7 Å². The van der Waals surface area contributed by atoms with Crippen LogP contribution < -0.4 is 14.8 Å². The van der Waals surface area contributed by atoms with Gasteiger partial charge in [0.25, 0.3) is 0 Å². The Morgan fingerprint density at radius 1 is 1.21 bits per heavy atom. The fourth-order valence-corrected chi connectivity index (χ4v) is 6.60. The molecule has 3 aromatic heterocycles. The highest BCUT2D eigenvalue weighted by atomic mass is 32.2. The molecule has 1 aliphatic carbocycles. The molecule has 1 aromatic carbocycles. The second-order valence-electron chi connectivity index (χ2n) is 8.91. The van der Waals surface area contributed by atoms with Crippen molar-refractivity contribution < 1.29 is 14.3 Å². The van der Waals surface area contributed by atoms with E-state index in [4.69, 9.17) is 14.5 Å². The number of carbonyl (C=O) groups is 1. The molecule has 0 bridgehead atoms. The van der Waals surface area contributed by atoms with Gasteiger partial charge in [-0.15, -0.1) is 21.5 Å². The molecule has 1 amide bonds. The second kappa shape index (κ2) is 8.74. The zero-order chi connectivity index (χ0) is 23.2. The third-order valence-electron chi connectivity index (χ3n) is 6.23. The Balaban J connectivity index is 1.23. The highest BCUT2D eigenvalue weighted by Gasteiger charge is 2.24. The molecule has 0 spiro atoms. The Kier molecular flexibility index (Phi) is 5.57. The van der Waals surface area contributed by atoms with Gasteiger partial charge in [-0.25, -0.2) is 4.98 Å². The van der Waals surface area contributed by atoms with E-state index in [0.717, 1.165) is 45.8 Å². The summed E-state index contributed by atoms with van der Waals surface area (Å²) in [5.41, 5.74) is 3.23. The molecule has 0 unspecified atom stereocenters. The van der Waals surface area contributed by atoms with Gasteiger partial charge < -0.3 is 14.8 Å². The average molecular weight is 496 g/mol. The summed E-state index contributed by atoms with van der Waals surface area (Å²) in [4.78, 5) is 20.1. The highest BCUT2D eigenvalue weighted by molar-refractivity contribution is 7.99. The van der Waals surface area contributed by atoms with Gasteiger partial charge in [-0.3, -0.25) is 9.20 Å². The summed E-state index contributed by atoms with van der Waals surface area (Å²) >= 11 is 3.20. The lowest BCUT2D eigenvalue weighted by atomic mass is 9.97. The molecule has 0 atom stereocenters. The van der Waals surface area contributed by atoms with E-state index in [9.17, 15) is 4.79 Å². The van der Waals surface area contributed by atoms with Crippen LogP contribution in [0.25, 0.3) is 15.9 Å². The number of nitrogens with zero attached hydrogens (tertiary/aromatic N) is 4. The Labute approximate surface area is 205 Å². The molecule has 34 heavy (non-hydrogen) atoms. The molecule has 6 rings (SSSR count). The molecule has 0 radical (unpaired) electrons. The van der Waals surface area contributed by atoms with Gasteiger partial charge in [0.15, 0.2) is 22.3 Å². The first-order chi connectivity index (χ1) is 16.6. The van der Waals surface area contributed by atoms with E-state index in [1.54, 1.807) is 11.3 Å². The Bertz CT molecular complexity index is 1410. The van der Waals surface area contributed by atoms with Gasteiger partial charge in [0.05, 0.1) is 11.1 Å². The van der Waals surface area contributed by atoms with Crippen LogP contribution in [0.2, 0.25) is 0 Å². The fourth-order valence-electron chi connectivity index (χ4n) is 4.57. The number of ether oxygens (including phenoxy) is 2. The Hall–Kier alpha value is -2.85. The quantitative estimate of drug-likeness (QED) is 0.395. The predicted octanol–water partition coefficient (Wildman–Crippen LogP) is 4.48. The van der Waals surface area contributed by atoms with E-state index in [-0.39, 0.29) is 24.4 Å². The van der Waals surface area contributed by atoms with E-state index >= 15 is 0 Å². The predicted molar refractivity (Wildman–Crippen MR) is 132 cm³/mol. The number of hydrogen-bond donors (Lipinski definition) is 1. The van der Waals surface area contributed by atoms with Crippen molar-refractivity contribution in [1.29, 1.82) is 0 Å². The van der Waals surface area contributed by atoms with Crippen LogP contribution in [0, 0.1) is 0 Å². The minimum absolute atomic E-state index is 0.0625. The molecule has 0 fully saturated rings. The normalized spacial score (nSPS) is 14.8. The largest absolute Gasteiger partial charge is 0.454 e. The number of aryl methyl sites for hydroxylation is 2. The van der Waals surface area contributed by atoms with Crippen LogP contribution in [-0.4, -0.2) is 38.0 Å². The first-order valence-electron chi connectivity index (χ1n) is 11.6. The zero-order valence-corrected chi connectivity index (χ0v) is 20.7. The van der Waals surface area contributed by atoms with Gasteiger partial charge in [0, 0.05) is 17.3 Å². The van der Waals surface area contributed by atoms with Crippen molar-refractivity contribution in [3.8, 4) is 11.5 Å². The number of benzene rings is 1. The number of nitrogens with one attached hydrogen (secondary N) is 1. The topological polar surface area (TPSA) is 90.6 Å². The standard InChI is InChI=1S/C24H25N5O3S2/c1-13(2)21-26-23-20(15-5-3-4-6-18(15)34-23)22-27-28-24(29(21)22)33-11-19(30)25-10-14-7-8-16-17(9-14)32-12-31-16/h7-9,13H,3-6,10-12H2,1-2H3,(H,25,30). The van der Waals surface area contributed by atoms with Crippen LogP contribution >= 0.6 is 23.1 Å². The maximum absolute atomic E-state index is 12.6. The first kappa shape index (κ1) is 21.7. The maximum Gasteiger partial charge on any atom is 0.231 e. The lowest BCUT2D eigenvalue weighted by Gasteiger charge is -2.12. The molecule has 2 aliphatic rings. The van der Waals surface area contributed by atoms with Crippen LogP contribution in [0.1, 0.15) is 54.4 Å². The van der Waals surface area contributed by atoms with Crippen LogP contribution in [0.4, 0.5) is 0 Å². The number of rotatable bonds is 6. The highest BCUT2D eigenvalue weighted by Crippen LogP contribution is 2.39. The van der Waals surface area contributed by atoms with E-state index in [2.05, 4.69) is 33.8 Å². The number of carbonyl (C=O) groups excluding carboxylic acids is 1. The average Bonchev–Trinajstić information content (AvgIpc) is 3.56. The third kappa shape index (κ3) is 3.78. The summed E-state index contributed by atoms with van der Waals surface area (Å²) in [6, 6.07) is 5.70. The Morgan fingerprint density at radius 2 is 2.06 bits per heavy atom. The van der Waals surface area contributed by atoms with E-state index in [0.29, 0.717) is 17.5 Å². The number of aromatic nitrogens is 4. The van der Waals surface area contributed by atoms with Crippen molar-refractivity contribution in [2.75, 3.05) is 12.5 Å². The SMILES string of the molecule is CC(C)c1nc2sc3c(c2c2nnc(SCC(=O)NCc4ccc5c(c4)OCO5)n12)CCCC3. The van der Waals surface area contributed by atoms with Crippen molar-refractivity contribution in [3.05, 3.63) is 40.0 Å². The lowest BCUT2D eigenvalue weighted by Crippen LogP contribution is -2.24. The second-order valence-corrected chi connectivity index (χ2v) is 10.9. The number of thiophene rings is 1. The molecular weight excluding hydrogens is 470 g/mol. The minimum Gasteiger partial charge on any atom is -0.454 e. The minimum atomic E-state index is -0.0625. The van der Waals surface area contributed by atoms with Gasteiger partial charge in [0.2, 0.25) is 12.7 Å². The molecule has 1 aliphatic heterocycles. The molecule has 4 heterocycles. The van der Waals surface area contributed by atoms with Gasteiger partial charge in [-0.2, -0.15) is 0 Å². The summed E-state index contributed by atoms with van der Waals surface area (Å²) in [5.74, 6) is 2.79. The van der Waals surface area contributed by atoms with E-state index in [1.165, 1.54) is 35.0 Å². The van der Waals surface area contributed by atoms with Gasteiger partial charge in [-0.05, 0) is 48.9 Å². The van der Waals surface area contributed by atoms with Gasteiger partial charge in [-0.1, -0.05) is 31.7 Å². The molecule has 1 N–H and O–H groups in total. The molecular formula is C24H25N5O3S2. The lowest BCUT2D eigenvalue weighted by molar-refractivity contribution is -0.118. The summed E-state index contributed by atoms with van der Waals surface area (Å²) in [7, 11) is 0. The summed E-state index contributed by atoms with van der Waals surface area (Å²) in [6.45, 7) is 4.93. The molecule has 8 nitrogen and oxygen atoms in total. The monoisotopic (exact) mass is 495 g/mol. The fraction of sp³-hybridized carbons (Fsp3) is 0.417. The number of thioether (sulfide) groups is 1. The summed E-state index contributed by atoms with van der Waals surface area (Å²) in [5, 5.41) is 13.9. The zero-order valence-electron chi connectivity index (χ0n) is 19.1. The Morgan fingerprint density at radius 3 is 2.94 bits per heavy atom. The van der Waals surface area contributed by atoms with Crippen molar-refractivity contribution in [2.45, 2.75) is 57.1 Å². The van der Waals surface area contributed by atoms with Crippen LogP contribution in [0.15, 0.2) is 23.4 Å². The van der Waals surface area contributed by atoms with Crippen molar-refractivity contribution in [2.24, 2.45) is 0 Å². The van der Waals surface area contributed by atoms with Gasteiger partial charge >= 0.3 is 0 Å². The molecule has 0 saturated carbocycles. The van der Waals surface area contributed by atoms with Crippen molar-refractivity contribution in [3.63, 3.8) is 0 Å². The smallest absolute Gasteiger partial charge is 0.231 e. The maximum atomic E-state index is 12.6. The van der Waals surface area contributed by atoms with E-state index < -0.39 is 0 Å². The molecule has 4 aromatic rings. The van der Waals surface area contributed by atoms with Crippen LogP contribution in [0.3, 0.4) is 0 Å². The third-order valence-corrected chi connectivity index (χ3v) is 8.34. The van der Waals surface area contributed by atoms with Crippen LogP contribution in [0.5, 0.6) is 11.5 Å². The summed E-state index contributed by atoms with van der Waals surface area (Å²) < 4.78 is 12.8. The number of amides is 1. The molecule has 176 valence electrons. The van der Waals surface area contributed by atoms with E-state index in [1.807, 2.05) is 18.2 Å². The molecule has 0 saturated heterocycles. The summed E-state index contributed by atoms with van der Waals surface area (Å²) in [6.07, 6.45) is 4.64. The number of hydrogen-bond acceptors (Lipinski definition) is 8.